The average Bonchev–Trinajstić information content (AvgIpc) is 3.18. The van der Waals surface area contributed by atoms with E-state index in [1.807, 2.05) is 31.2 Å². The number of aromatic nitrogens is 3. The van der Waals surface area contributed by atoms with Gasteiger partial charge in [0.2, 0.25) is 0 Å². The van der Waals surface area contributed by atoms with E-state index in [1.165, 1.54) is 4.80 Å². The van der Waals surface area contributed by atoms with Crippen molar-refractivity contribution in [2.45, 2.75) is 26.3 Å². The lowest BCUT2D eigenvalue weighted by Gasteiger charge is -2.16. The number of carbonyl (C=O) groups is 1. The van der Waals surface area contributed by atoms with Crippen LogP contribution in [0.2, 0.25) is 5.02 Å². The molecule has 24 heavy (non-hydrogen) atoms. The first-order valence-electron chi connectivity index (χ1n) is 8.10. The molecule has 2 heterocycles. The molecule has 1 saturated heterocycles. The van der Waals surface area contributed by atoms with E-state index < -0.39 is 0 Å². The number of hydrogen-bond acceptors (Lipinski definition) is 4. The molecular weight excluding hydrogens is 328 g/mol. The molecule has 1 aliphatic rings. The topological polar surface area (TPSA) is 71.2 Å². The molecule has 128 valence electrons. The zero-order valence-corrected chi connectivity index (χ0v) is 14.6. The van der Waals surface area contributed by atoms with Crippen molar-refractivity contribution >= 4 is 17.5 Å². The number of likely N-dealkylation sites (tertiary alicyclic amines) is 1. The van der Waals surface area contributed by atoms with Gasteiger partial charge in [-0.25, -0.2) is 0 Å². The van der Waals surface area contributed by atoms with Gasteiger partial charge in [0, 0.05) is 36.6 Å². The van der Waals surface area contributed by atoms with Gasteiger partial charge >= 0.3 is 0 Å². The number of aryl methyl sites for hydroxylation is 2. The smallest absolute Gasteiger partial charge is 0.276 e. The molecule has 3 rings (SSSR count). The second-order valence-corrected chi connectivity index (χ2v) is 6.57. The first-order chi connectivity index (χ1) is 11.5. The van der Waals surface area contributed by atoms with Crippen LogP contribution in [-0.4, -0.2) is 50.6 Å². The van der Waals surface area contributed by atoms with E-state index in [0.29, 0.717) is 36.0 Å². The monoisotopic (exact) mass is 348 g/mol. The lowest BCUT2D eigenvalue weighted by atomic mass is 9.90. The largest absolute Gasteiger partial charge is 0.396 e. The van der Waals surface area contributed by atoms with E-state index in [0.717, 1.165) is 5.56 Å². The van der Waals surface area contributed by atoms with Gasteiger partial charge in [0.1, 0.15) is 0 Å². The van der Waals surface area contributed by atoms with Crippen LogP contribution in [0.15, 0.2) is 24.3 Å². The Labute approximate surface area is 146 Å². The van der Waals surface area contributed by atoms with Crippen LogP contribution in [0, 0.1) is 12.8 Å². The predicted molar refractivity (Wildman–Crippen MR) is 91.1 cm³/mol. The van der Waals surface area contributed by atoms with Crippen molar-refractivity contribution in [2.75, 3.05) is 19.7 Å². The number of aliphatic hydroxyl groups is 1. The van der Waals surface area contributed by atoms with E-state index >= 15 is 0 Å². The fourth-order valence-electron chi connectivity index (χ4n) is 3.23. The number of nitrogens with zero attached hydrogens (tertiary/aromatic N) is 4. The summed E-state index contributed by atoms with van der Waals surface area (Å²) >= 11 is 5.95. The fourth-order valence-corrected chi connectivity index (χ4v) is 3.36. The molecule has 1 amide bonds. The number of rotatable bonds is 4. The van der Waals surface area contributed by atoms with Crippen LogP contribution in [-0.2, 0) is 6.54 Å². The molecule has 0 aliphatic carbocycles. The second-order valence-electron chi connectivity index (χ2n) is 6.13. The maximum absolute atomic E-state index is 12.8. The van der Waals surface area contributed by atoms with Gasteiger partial charge in [-0.1, -0.05) is 23.7 Å². The Balaban J connectivity index is 1.81. The van der Waals surface area contributed by atoms with Crippen molar-refractivity contribution in [3.8, 4) is 0 Å². The molecule has 7 heteroatoms. The van der Waals surface area contributed by atoms with Gasteiger partial charge in [0.25, 0.3) is 5.91 Å². The Hall–Kier alpha value is -1.92. The van der Waals surface area contributed by atoms with Crippen LogP contribution in [0.4, 0.5) is 0 Å². The third-order valence-corrected chi connectivity index (χ3v) is 4.82. The van der Waals surface area contributed by atoms with E-state index in [2.05, 4.69) is 10.2 Å². The minimum atomic E-state index is -0.123. The summed E-state index contributed by atoms with van der Waals surface area (Å²) in [4.78, 5) is 16.1. The van der Waals surface area contributed by atoms with Gasteiger partial charge in [-0.3, -0.25) is 4.79 Å². The van der Waals surface area contributed by atoms with E-state index in [-0.39, 0.29) is 24.3 Å². The van der Waals surface area contributed by atoms with Crippen molar-refractivity contribution in [3.63, 3.8) is 0 Å². The first-order valence-corrected chi connectivity index (χ1v) is 8.48. The SMILES string of the molecule is CCn1nc(C)c(C(=O)N2C[C@@H](CO)[C@H](c3ccc(Cl)cc3)C2)n1. The van der Waals surface area contributed by atoms with Gasteiger partial charge in [0.05, 0.1) is 12.2 Å². The molecule has 0 unspecified atom stereocenters. The van der Waals surface area contributed by atoms with Crippen LogP contribution in [0.25, 0.3) is 0 Å². The molecule has 0 spiro atoms. The maximum Gasteiger partial charge on any atom is 0.276 e. The van der Waals surface area contributed by atoms with Gasteiger partial charge in [0.15, 0.2) is 5.69 Å². The number of amides is 1. The molecule has 6 nitrogen and oxygen atoms in total. The summed E-state index contributed by atoms with van der Waals surface area (Å²) in [6, 6.07) is 7.60. The molecule has 0 bridgehead atoms. The lowest BCUT2D eigenvalue weighted by Crippen LogP contribution is -2.30. The highest BCUT2D eigenvalue weighted by atomic mass is 35.5. The normalized spacial score (nSPS) is 20.6. The Morgan fingerprint density at radius 3 is 2.58 bits per heavy atom. The minimum Gasteiger partial charge on any atom is -0.396 e. The van der Waals surface area contributed by atoms with Crippen LogP contribution in [0.1, 0.15) is 34.6 Å². The molecule has 2 atom stereocenters. The van der Waals surface area contributed by atoms with Crippen molar-refractivity contribution in [1.29, 1.82) is 0 Å². The summed E-state index contributed by atoms with van der Waals surface area (Å²) in [6.07, 6.45) is 0. The summed E-state index contributed by atoms with van der Waals surface area (Å²) in [5.74, 6) is -0.0171. The predicted octanol–water partition coefficient (Wildman–Crippen LogP) is 2.11. The summed E-state index contributed by atoms with van der Waals surface area (Å²) < 4.78 is 0. The molecule has 1 aliphatic heterocycles. The average molecular weight is 349 g/mol. The van der Waals surface area contributed by atoms with Crippen molar-refractivity contribution in [1.82, 2.24) is 19.9 Å². The van der Waals surface area contributed by atoms with Crippen LogP contribution < -0.4 is 0 Å². The zero-order valence-electron chi connectivity index (χ0n) is 13.8. The van der Waals surface area contributed by atoms with Gasteiger partial charge in [-0.2, -0.15) is 9.90 Å². The molecule has 0 saturated carbocycles. The molecular formula is C17H21ClN4O2. The maximum atomic E-state index is 12.8. The second kappa shape index (κ2) is 6.91. The number of carbonyl (C=O) groups excluding carboxylic acids is 1. The van der Waals surface area contributed by atoms with E-state index in [9.17, 15) is 9.90 Å². The highest BCUT2D eigenvalue weighted by molar-refractivity contribution is 6.30. The van der Waals surface area contributed by atoms with Crippen molar-refractivity contribution in [3.05, 3.63) is 46.2 Å². The van der Waals surface area contributed by atoms with Crippen molar-refractivity contribution in [2.24, 2.45) is 5.92 Å². The molecule has 1 fully saturated rings. The number of aliphatic hydroxyl groups excluding tert-OH is 1. The third-order valence-electron chi connectivity index (χ3n) is 4.57. The fraction of sp³-hybridized carbons (Fsp3) is 0.471. The standard InChI is InChI=1S/C17H21ClN4O2/c1-3-22-19-11(2)16(20-22)17(24)21-8-13(10-23)15(9-21)12-4-6-14(18)7-5-12/h4-7,13,15,23H,3,8-10H2,1-2H3/t13-,15-/m0/s1. The Kier molecular flexibility index (Phi) is 4.87. The first kappa shape index (κ1) is 16.9. The third kappa shape index (κ3) is 3.16. The van der Waals surface area contributed by atoms with E-state index in [4.69, 9.17) is 11.6 Å². The number of benzene rings is 1. The van der Waals surface area contributed by atoms with Crippen molar-refractivity contribution < 1.29 is 9.90 Å². The number of hydrogen-bond donors (Lipinski definition) is 1. The highest BCUT2D eigenvalue weighted by Crippen LogP contribution is 2.33. The summed E-state index contributed by atoms with van der Waals surface area (Å²) in [6.45, 7) is 5.47. The molecule has 0 radical (unpaired) electrons. The summed E-state index contributed by atoms with van der Waals surface area (Å²) in [5, 5.41) is 18.9. The minimum absolute atomic E-state index is 0.0108. The highest BCUT2D eigenvalue weighted by Gasteiger charge is 2.37. The zero-order chi connectivity index (χ0) is 17.3. The Morgan fingerprint density at radius 1 is 1.29 bits per heavy atom. The van der Waals surface area contributed by atoms with Crippen LogP contribution >= 0.6 is 11.6 Å². The molecule has 2 aromatic rings. The molecule has 1 aromatic carbocycles. The summed E-state index contributed by atoms with van der Waals surface area (Å²) in [5.41, 5.74) is 2.12. The Morgan fingerprint density at radius 2 is 2.00 bits per heavy atom. The number of halogens is 1. The van der Waals surface area contributed by atoms with Gasteiger partial charge in [-0.15, -0.1) is 5.10 Å². The van der Waals surface area contributed by atoms with Gasteiger partial charge in [-0.05, 0) is 31.5 Å². The van der Waals surface area contributed by atoms with Crippen LogP contribution in [0.5, 0.6) is 0 Å². The van der Waals surface area contributed by atoms with E-state index in [1.54, 1.807) is 11.8 Å². The van der Waals surface area contributed by atoms with Crippen LogP contribution in [0.3, 0.4) is 0 Å². The Bertz CT molecular complexity index is 729. The quantitative estimate of drug-likeness (QED) is 0.918. The lowest BCUT2D eigenvalue weighted by molar-refractivity contribution is 0.0774. The summed E-state index contributed by atoms with van der Waals surface area (Å²) in [7, 11) is 0. The molecule has 1 N–H and O–H groups in total. The molecule has 1 aromatic heterocycles. The van der Waals surface area contributed by atoms with Gasteiger partial charge < -0.3 is 10.0 Å².